The highest BCUT2D eigenvalue weighted by molar-refractivity contribution is 4.96. The number of ether oxygens (including phenoxy) is 1. The van der Waals surface area contributed by atoms with Crippen LogP contribution in [0.1, 0.15) is 20.8 Å². The van der Waals surface area contributed by atoms with E-state index in [-0.39, 0.29) is 0 Å². The third-order valence-electron chi connectivity index (χ3n) is 1.38. The highest BCUT2D eigenvalue weighted by Gasteiger charge is 1.96. The molecule has 0 unspecified atom stereocenters. The van der Waals surface area contributed by atoms with Crippen LogP contribution >= 0.6 is 0 Å². The van der Waals surface area contributed by atoms with Gasteiger partial charge in [0.15, 0.2) is 0 Å². The third kappa shape index (κ3) is 7.76. The maximum absolute atomic E-state index is 5.41. The first-order valence-electron chi connectivity index (χ1n) is 4.62. The molecule has 0 aromatic rings. The second-order valence-electron chi connectivity index (χ2n) is 3.44. The van der Waals surface area contributed by atoms with Crippen LogP contribution in [0.2, 0.25) is 0 Å². The Morgan fingerprint density at radius 2 is 2.17 bits per heavy atom. The molecule has 0 aromatic carbocycles. The zero-order valence-corrected chi connectivity index (χ0v) is 8.52. The minimum Gasteiger partial charge on any atom is -0.377 e. The first kappa shape index (κ1) is 11.7. The molecule has 0 bridgehead atoms. The summed E-state index contributed by atoms with van der Waals surface area (Å²) in [7, 11) is 0. The lowest BCUT2D eigenvalue weighted by Gasteiger charge is -2.08. The molecule has 0 saturated carbocycles. The van der Waals surface area contributed by atoms with Crippen molar-refractivity contribution in [3.63, 3.8) is 0 Å². The molecule has 0 saturated heterocycles. The van der Waals surface area contributed by atoms with Crippen molar-refractivity contribution in [3.8, 4) is 0 Å². The van der Waals surface area contributed by atoms with Crippen molar-refractivity contribution in [2.75, 3.05) is 26.3 Å². The van der Waals surface area contributed by atoms with Gasteiger partial charge in [-0.25, -0.2) is 0 Å². The van der Waals surface area contributed by atoms with Crippen molar-refractivity contribution in [2.24, 2.45) is 5.92 Å². The monoisotopic (exact) mass is 171 g/mol. The normalized spacial score (nSPS) is 10.7. The molecule has 0 fully saturated rings. The Hall–Kier alpha value is -0.340. The lowest BCUT2D eigenvalue weighted by Crippen LogP contribution is -2.18. The van der Waals surface area contributed by atoms with Crippen LogP contribution in [0.25, 0.3) is 0 Å². The summed E-state index contributed by atoms with van der Waals surface area (Å²) < 4.78 is 5.41. The first-order valence-corrected chi connectivity index (χ1v) is 4.62. The van der Waals surface area contributed by atoms with E-state index in [1.807, 2.05) is 0 Å². The van der Waals surface area contributed by atoms with Gasteiger partial charge >= 0.3 is 0 Å². The molecule has 12 heavy (non-hydrogen) atoms. The predicted octanol–water partition coefficient (Wildman–Crippen LogP) is 1.82. The van der Waals surface area contributed by atoms with Crippen LogP contribution in [-0.2, 0) is 4.74 Å². The van der Waals surface area contributed by atoms with Gasteiger partial charge < -0.3 is 10.1 Å². The summed E-state index contributed by atoms with van der Waals surface area (Å²) in [5.41, 5.74) is 1.12. The summed E-state index contributed by atoms with van der Waals surface area (Å²) in [4.78, 5) is 0. The van der Waals surface area contributed by atoms with Crippen LogP contribution < -0.4 is 5.32 Å². The fourth-order valence-corrected chi connectivity index (χ4v) is 0.792. The van der Waals surface area contributed by atoms with Gasteiger partial charge in [0.2, 0.25) is 0 Å². The molecule has 0 aliphatic carbocycles. The number of nitrogens with one attached hydrogen (secondary N) is 1. The smallest absolute Gasteiger partial charge is 0.0686 e. The Kier molecular flexibility index (Phi) is 7.11. The van der Waals surface area contributed by atoms with Gasteiger partial charge in [-0.15, -0.1) is 0 Å². The highest BCUT2D eigenvalue weighted by atomic mass is 16.5. The molecule has 1 N–H and O–H groups in total. The number of rotatable bonds is 7. The fraction of sp³-hybridized carbons (Fsp3) is 0.800. The van der Waals surface area contributed by atoms with Crippen molar-refractivity contribution in [1.29, 1.82) is 0 Å². The molecular weight excluding hydrogens is 150 g/mol. The van der Waals surface area contributed by atoms with Gasteiger partial charge in [0, 0.05) is 13.2 Å². The van der Waals surface area contributed by atoms with E-state index in [1.54, 1.807) is 0 Å². The molecule has 2 heteroatoms. The van der Waals surface area contributed by atoms with Gasteiger partial charge in [-0.05, 0) is 18.0 Å². The summed E-state index contributed by atoms with van der Waals surface area (Å²) in [6.45, 7) is 13.6. The minimum atomic E-state index is 0.608. The Balaban J connectivity index is 3.20. The molecule has 0 heterocycles. The molecule has 0 spiro atoms. The van der Waals surface area contributed by atoms with E-state index in [1.165, 1.54) is 0 Å². The summed E-state index contributed by atoms with van der Waals surface area (Å²) in [6, 6.07) is 0. The van der Waals surface area contributed by atoms with Crippen LogP contribution in [-0.4, -0.2) is 26.3 Å². The molecular formula is C10H21NO. The van der Waals surface area contributed by atoms with E-state index < -0.39 is 0 Å². The number of likely N-dealkylation sites (N-methyl/N-ethyl adjacent to an activating group) is 1. The molecule has 72 valence electrons. The lowest BCUT2D eigenvalue weighted by atomic mass is 10.2. The van der Waals surface area contributed by atoms with Crippen molar-refractivity contribution < 1.29 is 4.74 Å². The molecule has 0 aliphatic rings. The Labute approximate surface area is 76.0 Å². The molecule has 0 aromatic heterocycles. The van der Waals surface area contributed by atoms with Crippen molar-refractivity contribution in [3.05, 3.63) is 12.2 Å². The Morgan fingerprint density at radius 3 is 2.67 bits per heavy atom. The standard InChI is InChI=1S/C10H21NO/c1-5-11-6-10(4)8-12-7-9(2)3/h9,11H,4-8H2,1-3H3. The second kappa shape index (κ2) is 7.32. The second-order valence-corrected chi connectivity index (χ2v) is 3.44. The minimum absolute atomic E-state index is 0.608. The van der Waals surface area contributed by atoms with E-state index in [0.717, 1.165) is 25.3 Å². The molecule has 0 aliphatic heterocycles. The molecule has 0 amide bonds. The number of hydrogen-bond acceptors (Lipinski definition) is 2. The lowest BCUT2D eigenvalue weighted by molar-refractivity contribution is 0.128. The fourth-order valence-electron chi connectivity index (χ4n) is 0.792. The van der Waals surface area contributed by atoms with Gasteiger partial charge in [0.1, 0.15) is 0 Å². The van der Waals surface area contributed by atoms with Crippen molar-refractivity contribution in [2.45, 2.75) is 20.8 Å². The zero-order chi connectivity index (χ0) is 9.40. The summed E-state index contributed by atoms with van der Waals surface area (Å²) in [6.07, 6.45) is 0. The van der Waals surface area contributed by atoms with Gasteiger partial charge in [-0.1, -0.05) is 27.4 Å². The number of hydrogen-bond donors (Lipinski definition) is 1. The quantitative estimate of drug-likeness (QED) is 0.590. The van der Waals surface area contributed by atoms with Gasteiger partial charge in [0.05, 0.1) is 6.61 Å². The largest absolute Gasteiger partial charge is 0.377 e. The maximum Gasteiger partial charge on any atom is 0.0686 e. The van der Waals surface area contributed by atoms with Crippen LogP contribution in [0, 0.1) is 5.92 Å². The van der Waals surface area contributed by atoms with Crippen LogP contribution in [0.5, 0.6) is 0 Å². The van der Waals surface area contributed by atoms with Crippen LogP contribution in [0.4, 0.5) is 0 Å². The highest BCUT2D eigenvalue weighted by Crippen LogP contribution is 1.95. The van der Waals surface area contributed by atoms with Crippen LogP contribution in [0.3, 0.4) is 0 Å². The van der Waals surface area contributed by atoms with E-state index in [9.17, 15) is 0 Å². The Bertz CT molecular complexity index is 121. The van der Waals surface area contributed by atoms with Gasteiger partial charge in [-0.2, -0.15) is 0 Å². The van der Waals surface area contributed by atoms with E-state index in [4.69, 9.17) is 4.74 Å². The Morgan fingerprint density at radius 1 is 1.50 bits per heavy atom. The topological polar surface area (TPSA) is 21.3 Å². The first-order chi connectivity index (χ1) is 5.66. The summed E-state index contributed by atoms with van der Waals surface area (Å²) in [5, 5.41) is 3.21. The van der Waals surface area contributed by atoms with Crippen LogP contribution in [0.15, 0.2) is 12.2 Å². The SMILES string of the molecule is C=C(CNCC)COCC(C)C. The van der Waals surface area contributed by atoms with Crippen molar-refractivity contribution >= 4 is 0 Å². The average molecular weight is 171 g/mol. The van der Waals surface area contributed by atoms with E-state index >= 15 is 0 Å². The zero-order valence-electron chi connectivity index (χ0n) is 8.52. The maximum atomic E-state index is 5.41. The summed E-state index contributed by atoms with van der Waals surface area (Å²) >= 11 is 0. The van der Waals surface area contributed by atoms with Gasteiger partial charge in [-0.3, -0.25) is 0 Å². The summed E-state index contributed by atoms with van der Waals surface area (Å²) in [5.74, 6) is 0.608. The van der Waals surface area contributed by atoms with E-state index in [2.05, 4.69) is 32.7 Å². The molecule has 0 atom stereocenters. The molecule has 2 nitrogen and oxygen atoms in total. The molecule has 0 rings (SSSR count). The predicted molar refractivity (Wildman–Crippen MR) is 53.3 cm³/mol. The average Bonchev–Trinajstić information content (AvgIpc) is 2.00. The van der Waals surface area contributed by atoms with Crippen molar-refractivity contribution in [1.82, 2.24) is 5.32 Å². The van der Waals surface area contributed by atoms with E-state index in [0.29, 0.717) is 12.5 Å². The third-order valence-corrected chi connectivity index (χ3v) is 1.38. The van der Waals surface area contributed by atoms with Gasteiger partial charge in [0.25, 0.3) is 0 Å². The molecule has 0 radical (unpaired) electrons.